The van der Waals surface area contributed by atoms with Crippen LogP contribution in [-0.4, -0.2) is 35.0 Å². The fourth-order valence-corrected chi connectivity index (χ4v) is 2.55. The van der Waals surface area contributed by atoms with Gasteiger partial charge in [-0.05, 0) is 44.5 Å². The number of nitrogens with zero attached hydrogens (tertiary/aromatic N) is 1. The van der Waals surface area contributed by atoms with Crippen molar-refractivity contribution in [1.29, 1.82) is 0 Å². The monoisotopic (exact) mass is 345 g/mol. The van der Waals surface area contributed by atoms with Gasteiger partial charge in [0.2, 0.25) is 0 Å². The molecule has 2 amide bonds. The van der Waals surface area contributed by atoms with Crippen LogP contribution in [0.5, 0.6) is 0 Å². The van der Waals surface area contributed by atoms with E-state index >= 15 is 0 Å². The fourth-order valence-electron chi connectivity index (χ4n) is 2.55. The number of aromatic nitrogens is 1. The Kier molecular flexibility index (Phi) is 5.46. The molecular formula is C18H23N3O4. The summed E-state index contributed by atoms with van der Waals surface area (Å²) in [4.78, 5) is 35.6. The summed E-state index contributed by atoms with van der Waals surface area (Å²) >= 11 is 0. The highest BCUT2D eigenvalue weighted by molar-refractivity contribution is 6.40. The van der Waals surface area contributed by atoms with Gasteiger partial charge in [-0.25, -0.2) is 4.79 Å². The third kappa shape index (κ3) is 4.17. The lowest BCUT2D eigenvalue weighted by atomic mass is 10.1. The largest absolute Gasteiger partial charge is 0.467 e. The van der Waals surface area contributed by atoms with Gasteiger partial charge in [-0.15, -0.1) is 0 Å². The van der Waals surface area contributed by atoms with Crippen molar-refractivity contribution in [3.63, 3.8) is 0 Å². The van der Waals surface area contributed by atoms with Crippen molar-refractivity contribution in [3.05, 3.63) is 30.5 Å². The number of ether oxygens (including phenoxy) is 1. The predicted octanol–water partition coefficient (Wildman–Crippen LogP) is 2.06. The summed E-state index contributed by atoms with van der Waals surface area (Å²) in [5.41, 5.74) is 0.290. The number of hydrogen-bond acceptors (Lipinski definition) is 4. The molecule has 1 aromatic heterocycles. The van der Waals surface area contributed by atoms with Crippen molar-refractivity contribution in [1.82, 2.24) is 9.88 Å². The van der Waals surface area contributed by atoms with Gasteiger partial charge >= 0.3 is 17.8 Å². The van der Waals surface area contributed by atoms with Crippen LogP contribution in [0.2, 0.25) is 0 Å². The van der Waals surface area contributed by atoms with E-state index in [9.17, 15) is 14.4 Å². The third-order valence-electron chi connectivity index (χ3n) is 3.82. The Morgan fingerprint density at radius 2 is 1.88 bits per heavy atom. The highest BCUT2D eigenvalue weighted by atomic mass is 16.5. The standard InChI is InChI=1S/C18H23N3O4/c1-5-9-21-10-8-12-11-13(6-7-14(12)21)19-15(22)16(23)20-18(2,3)17(24)25-4/h6-8,10-11H,5,9H2,1-4H3,(H,19,22)(H,20,23). The average molecular weight is 345 g/mol. The van der Waals surface area contributed by atoms with Gasteiger partial charge in [0.1, 0.15) is 5.54 Å². The van der Waals surface area contributed by atoms with Crippen LogP contribution in [0.25, 0.3) is 10.9 Å². The zero-order valence-corrected chi connectivity index (χ0v) is 14.9. The molecule has 2 rings (SSSR count). The fraction of sp³-hybridized carbons (Fsp3) is 0.389. The van der Waals surface area contributed by atoms with Gasteiger partial charge in [0.25, 0.3) is 0 Å². The number of fused-ring (bicyclic) bond motifs is 1. The summed E-state index contributed by atoms with van der Waals surface area (Å²) in [7, 11) is 1.22. The Morgan fingerprint density at radius 1 is 1.16 bits per heavy atom. The van der Waals surface area contributed by atoms with Crippen LogP contribution in [0.1, 0.15) is 27.2 Å². The third-order valence-corrected chi connectivity index (χ3v) is 3.82. The molecule has 0 atom stereocenters. The Balaban J connectivity index is 2.08. The van der Waals surface area contributed by atoms with E-state index in [1.165, 1.54) is 21.0 Å². The van der Waals surface area contributed by atoms with E-state index in [0.717, 1.165) is 23.9 Å². The number of esters is 1. The smallest absolute Gasteiger partial charge is 0.330 e. The molecule has 0 aliphatic rings. The van der Waals surface area contributed by atoms with E-state index in [-0.39, 0.29) is 0 Å². The number of nitrogens with one attached hydrogen (secondary N) is 2. The van der Waals surface area contributed by atoms with E-state index in [1.807, 2.05) is 18.3 Å². The highest BCUT2D eigenvalue weighted by Crippen LogP contribution is 2.21. The average Bonchev–Trinajstić information content (AvgIpc) is 2.96. The normalized spacial score (nSPS) is 11.2. The van der Waals surface area contributed by atoms with E-state index in [0.29, 0.717) is 5.69 Å². The summed E-state index contributed by atoms with van der Waals surface area (Å²) < 4.78 is 6.73. The molecule has 1 heterocycles. The molecule has 134 valence electrons. The molecule has 7 heteroatoms. The number of carbonyl (C=O) groups excluding carboxylic acids is 3. The van der Waals surface area contributed by atoms with Crippen molar-refractivity contribution in [3.8, 4) is 0 Å². The van der Waals surface area contributed by atoms with Crippen LogP contribution in [0.4, 0.5) is 5.69 Å². The number of rotatable bonds is 5. The predicted molar refractivity (Wildman–Crippen MR) is 95.1 cm³/mol. The van der Waals surface area contributed by atoms with Gasteiger partial charge in [-0.3, -0.25) is 9.59 Å². The molecular weight excluding hydrogens is 322 g/mol. The Morgan fingerprint density at radius 3 is 2.52 bits per heavy atom. The molecule has 0 fully saturated rings. The van der Waals surface area contributed by atoms with E-state index in [4.69, 9.17) is 0 Å². The molecule has 0 bridgehead atoms. The highest BCUT2D eigenvalue weighted by Gasteiger charge is 2.32. The number of aryl methyl sites for hydroxylation is 1. The zero-order valence-electron chi connectivity index (χ0n) is 14.9. The Labute approximate surface area is 146 Å². The maximum absolute atomic E-state index is 12.1. The molecule has 1 aromatic carbocycles. The van der Waals surface area contributed by atoms with Gasteiger partial charge in [0.15, 0.2) is 0 Å². The van der Waals surface area contributed by atoms with Gasteiger partial charge in [-0.1, -0.05) is 6.92 Å². The topological polar surface area (TPSA) is 89.4 Å². The molecule has 0 radical (unpaired) electrons. The first-order chi connectivity index (χ1) is 11.8. The summed E-state index contributed by atoms with van der Waals surface area (Å²) in [6.07, 6.45) is 3.02. The van der Waals surface area contributed by atoms with Gasteiger partial charge in [0.05, 0.1) is 7.11 Å². The van der Waals surface area contributed by atoms with Crippen LogP contribution in [0.3, 0.4) is 0 Å². The SMILES string of the molecule is CCCn1ccc2cc(NC(=O)C(=O)NC(C)(C)C(=O)OC)ccc21. The molecule has 0 aliphatic carbocycles. The summed E-state index contributed by atoms with van der Waals surface area (Å²) in [6.45, 7) is 5.95. The number of amides is 2. The lowest BCUT2D eigenvalue weighted by molar-refractivity contribution is -0.150. The first-order valence-corrected chi connectivity index (χ1v) is 8.09. The molecule has 2 N–H and O–H groups in total. The lowest BCUT2D eigenvalue weighted by Gasteiger charge is -2.22. The molecule has 0 spiro atoms. The van der Waals surface area contributed by atoms with Gasteiger partial charge in [0, 0.05) is 29.3 Å². The van der Waals surface area contributed by atoms with Crippen LogP contribution < -0.4 is 10.6 Å². The van der Waals surface area contributed by atoms with Crippen molar-refractivity contribution in [2.75, 3.05) is 12.4 Å². The summed E-state index contributed by atoms with van der Waals surface area (Å²) in [6, 6.07) is 7.40. The second-order valence-electron chi connectivity index (χ2n) is 6.31. The van der Waals surface area contributed by atoms with Crippen molar-refractivity contribution in [2.24, 2.45) is 0 Å². The molecule has 7 nitrogen and oxygen atoms in total. The number of hydrogen-bond donors (Lipinski definition) is 2. The van der Waals surface area contributed by atoms with Crippen LogP contribution in [0.15, 0.2) is 30.5 Å². The van der Waals surface area contributed by atoms with Gasteiger partial charge in [-0.2, -0.15) is 0 Å². The summed E-state index contributed by atoms with van der Waals surface area (Å²) in [5.74, 6) is -2.38. The minimum absolute atomic E-state index is 0.512. The molecule has 25 heavy (non-hydrogen) atoms. The minimum Gasteiger partial charge on any atom is -0.467 e. The first kappa shape index (κ1) is 18.5. The summed E-state index contributed by atoms with van der Waals surface area (Å²) in [5, 5.41) is 5.87. The van der Waals surface area contributed by atoms with Crippen molar-refractivity contribution in [2.45, 2.75) is 39.3 Å². The van der Waals surface area contributed by atoms with E-state index < -0.39 is 23.3 Å². The van der Waals surface area contributed by atoms with E-state index in [2.05, 4.69) is 26.9 Å². The molecule has 0 unspecified atom stereocenters. The first-order valence-electron chi connectivity index (χ1n) is 8.09. The van der Waals surface area contributed by atoms with Gasteiger partial charge < -0.3 is 19.9 Å². The number of anilines is 1. The molecule has 2 aromatic rings. The molecule has 0 saturated heterocycles. The zero-order chi connectivity index (χ0) is 18.6. The number of methoxy groups -OCH3 is 1. The van der Waals surface area contributed by atoms with Crippen molar-refractivity contribution < 1.29 is 19.1 Å². The molecule has 0 aliphatic heterocycles. The second-order valence-corrected chi connectivity index (χ2v) is 6.31. The Bertz CT molecular complexity index is 808. The lowest BCUT2D eigenvalue weighted by Crippen LogP contribution is -2.53. The van der Waals surface area contributed by atoms with Crippen LogP contribution >= 0.6 is 0 Å². The van der Waals surface area contributed by atoms with Crippen molar-refractivity contribution >= 4 is 34.4 Å². The second kappa shape index (κ2) is 7.38. The van der Waals surface area contributed by atoms with Crippen LogP contribution in [-0.2, 0) is 25.7 Å². The quantitative estimate of drug-likeness (QED) is 0.641. The van der Waals surface area contributed by atoms with Crippen LogP contribution in [0, 0.1) is 0 Å². The maximum Gasteiger partial charge on any atom is 0.330 e. The Hall–Kier alpha value is -2.83. The number of benzene rings is 1. The molecule has 0 saturated carbocycles. The minimum atomic E-state index is -1.29. The maximum atomic E-state index is 12.1. The van der Waals surface area contributed by atoms with E-state index in [1.54, 1.807) is 12.1 Å². The number of carbonyl (C=O) groups is 3.